The number of Topliss-reactive ketones (excluding diaryl/α,β-unsaturated/α-hetero) is 1. The van der Waals surface area contributed by atoms with E-state index < -0.39 is 0 Å². The van der Waals surface area contributed by atoms with Crippen molar-refractivity contribution in [2.24, 2.45) is 5.92 Å². The number of hydrogen-bond donors (Lipinski definition) is 0. The number of thioether (sulfide) groups is 1. The third-order valence-corrected chi connectivity index (χ3v) is 4.30. The molecule has 0 radical (unpaired) electrons. The van der Waals surface area contributed by atoms with Gasteiger partial charge in [0.05, 0.1) is 0 Å². The van der Waals surface area contributed by atoms with E-state index in [1.807, 2.05) is 37.4 Å². The summed E-state index contributed by atoms with van der Waals surface area (Å²) >= 11 is 1.70. The van der Waals surface area contributed by atoms with E-state index in [9.17, 15) is 4.79 Å². The number of hydrogen-bond acceptors (Lipinski definition) is 3. The van der Waals surface area contributed by atoms with E-state index in [1.54, 1.807) is 11.8 Å². The lowest BCUT2D eigenvalue weighted by Gasteiger charge is -2.19. The van der Waals surface area contributed by atoms with Gasteiger partial charge in [-0.25, -0.2) is 0 Å². The highest BCUT2D eigenvalue weighted by atomic mass is 35.5. The van der Waals surface area contributed by atoms with Crippen molar-refractivity contribution in [2.45, 2.75) is 24.7 Å². The van der Waals surface area contributed by atoms with Crippen LogP contribution in [-0.2, 0) is 0 Å². The number of carbonyl (C=O) groups is 1. The molecule has 1 aromatic rings. The van der Waals surface area contributed by atoms with Gasteiger partial charge in [0.2, 0.25) is 0 Å². The molecule has 2 rings (SSSR count). The Labute approximate surface area is 126 Å². The zero-order valence-corrected chi connectivity index (χ0v) is 13.2. The predicted molar refractivity (Wildman–Crippen MR) is 84.6 cm³/mol. The Morgan fingerprint density at radius 2 is 1.84 bits per heavy atom. The maximum absolute atomic E-state index is 12.3. The number of nitrogens with zero attached hydrogens (tertiary/aromatic N) is 1. The van der Waals surface area contributed by atoms with Gasteiger partial charge in [0, 0.05) is 22.9 Å². The molecule has 0 saturated carbocycles. The van der Waals surface area contributed by atoms with Crippen LogP contribution in [0.25, 0.3) is 0 Å². The Hall–Kier alpha value is -0.510. The van der Waals surface area contributed by atoms with Crippen molar-refractivity contribution in [2.75, 3.05) is 25.9 Å². The van der Waals surface area contributed by atoms with Gasteiger partial charge in [-0.15, -0.1) is 24.2 Å². The zero-order chi connectivity index (χ0) is 13.0. The van der Waals surface area contributed by atoms with Gasteiger partial charge in [-0.05, 0) is 44.3 Å². The van der Waals surface area contributed by atoms with Crippen molar-refractivity contribution in [3.05, 3.63) is 29.8 Å². The molecule has 0 N–H and O–H groups in total. The van der Waals surface area contributed by atoms with E-state index in [-0.39, 0.29) is 24.1 Å². The first kappa shape index (κ1) is 16.5. The second-order valence-corrected chi connectivity index (χ2v) is 5.88. The van der Waals surface area contributed by atoms with Crippen molar-refractivity contribution in [1.29, 1.82) is 0 Å². The summed E-state index contributed by atoms with van der Waals surface area (Å²) in [6, 6.07) is 7.96. The SMILES string of the molecule is CSc1ccc(C(=O)C(C)CN2CCCC2)cc1.Cl. The molecule has 2 nitrogen and oxygen atoms in total. The number of rotatable bonds is 5. The Morgan fingerprint density at radius 3 is 2.37 bits per heavy atom. The lowest BCUT2D eigenvalue weighted by molar-refractivity contribution is 0.0903. The van der Waals surface area contributed by atoms with Gasteiger partial charge in [0.1, 0.15) is 0 Å². The van der Waals surface area contributed by atoms with Gasteiger partial charge in [0.15, 0.2) is 5.78 Å². The number of carbonyl (C=O) groups excluding carboxylic acids is 1. The van der Waals surface area contributed by atoms with Crippen LogP contribution in [-0.4, -0.2) is 36.6 Å². The van der Waals surface area contributed by atoms with Gasteiger partial charge < -0.3 is 4.90 Å². The third kappa shape index (κ3) is 4.51. The van der Waals surface area contributed by atoms with E-state index >= 15 is 0 Å². The maximum Gasteiger partial charge on any atom is 0.166 e. The summed E-state index contributed by atoms with van der Waals surface area (Å²) in [7, 11) is 0. The first-order valence-electron chi connectivity index (χ1n) is 6.61. The second kappa shape index (κ2) is 7.93. The summed E-state index contributed by atoms with van der Waals surface area (Å²) in [5.41, 5.74) is 0.847. The largest absolute Gasteiger partial charge is 0.303 e. The molecule has 0 amide bonds. The molecule has 106 valence electrons. The lowest BCUT2D eigenvalue weighted by Crippen LogP contribution is -2.29. The van der Waals surface area contributed by atoms with Crippen molar-refractivity contribution in [3.63, 3.8) is 0 Å². The molecular formula is C15H22ClNOS. The minimum atomic E-state index is 0. The van der Waals surface area contributed by atoms with Crippen molar-refractivity contribution in [3.8, 4) is 0 Å². The highest BCUT2D eigenvalue weighted by Crippen LogP contribution is 2.18. The lowest BCUT2D eigenvalue weighted by atomic mass is 9.99. The van der Waals surface area contributed by atoms with Crippen LogP contribution in [0.1, 0.15) is 30.1 Å². The maximum atomic E-state index is 12.3. The molecule has 1 fully saturated rings. The fraction of sp³-hybridized carbons (Fsp3) is 0.533. The molecule has 0 aromatic heterocycles. The third-order valence-electron chi connectivity index (χ3n) is 3.55. The van der Waals surface area contributed by atoms with E-state index in [0.29, 0.717) is 0 Å². The normalized spacial score (nSPS) is 16.9. The molecule has 1 heterocycles. The molecular weight excluding hydrogens is 278 g/mol. The van der Waals surface area contributed by atoms with Gasteiger partial charge >= 0.3 is 0 Å². The first-order chi connectivity index (χ1) is 8.70. The van der Waals surface area contributed by atoms with E-state index in [4.69, 9.17) is 0 Å². The smallest absolute Gasteiger partial charge is 0.166 e. The van der Waals surface area contributed by atoms with Gasteiger partial charge in [0.25, 0.3) is 0 Å². The molecule has 1 unspecified atom stereocenters. The molecule has 0 aliphatic carbocycles. The summed E-state index contributed by atoms with van der Waals surface area (Å²) in [5, 5.41) is 0. The fourth-order valence-electron chi connectivity index (χ4n) is 2.48. The van der Waals surface area contributed by atoms with Crippen LogP contribution in [0.5, 0.6) is 0 Å². The Morgan fingerprint density at radius 1 is 1.26 bits per heavy atom. The fourth-order valence-corrected chi connectivity index (χ4v) is 2.88. The van der Waals surface area contributed by atoms with Crippen molar-refractivity contribution >= 4 is 30.0 Å². The minimum Gasteiger partial charge on any atom is -0.303 e. The highest BCUT2D eigenvalue weighted by molar-refractivity contribution is 7.98. The highest BCUT2D eigenvalue weighted by Gasteiger charge is 2.20. The van der Waals surface area contributed by atoms with Crippen LogP contribution >= 0.6 is 24.2 Å². The average molecular weight is 300 g/mol. The van der Waals surface area contributed by atoms with E-state index in [2.05, 4.69) is 4.90 Å². The second-order valence-electron chi connectivity index (χ2n) is 5.00. The summed E-state index contributed by atoms with van der Waals surface area (Å²) in [4.78, 5) is 15.9. The number of halogens is 1. The Balaban J connectivity index is 0.00000180. The quantitative estimate of drug-likeness (QED) is 0.610. The molecule has 19 heavy (non-hydrogen) atoms. The van der Waals surface area contributed by atoms with Crippen molar-refractivity contribution < 1.29 is 4.79 Å². The van der Waals surface area contributed by atoms with E-state index in [1.165, 1.54) is 17.7 Å². The minimum absolute atomic E-state index is 0. The summed E-state index contributed by atoms with van der Waals surface area (Å²) in [5.74, 6) is 0.373. The number of benzene rings is 1. The number of likely N-dealkylation sites (tertiary alicyclic amines) is 1. The first-order valence-corrected chi connectivity index (χ1v) is 7.84. The topological polar surface area (TPSA) is 20.3 Å². The van der Waals surface area contributed by atoms with Gasteiger partial charge in [-0.1, -0.05) is 19.1 Å². The Kier molecular flexibility index (Phi) is 6.90. The molecule has 0 spiro atoms. The van der Waals surface area contributed by atoms with Crippen LogP contribution < -0.4 is 0 Å². The van der Waals surface area contributed by atoms with Gasteiger partial charge in [-0.2, -0.15) is 0 Å². The Bertz CT molecular complexity index is 401. The molecule has 1 aromatic carbocycles. The predicted octanol–water partition coefficient (Wildman–Crippen LogP) is 3.74. The molecule has 4 heteroatoms. The molecule has 1 saturated heterocycles. The molecule has 1 aliphatic heterocycles. The van der Waals surface area contributed by atoms with Crippen LogP contribution in [0.2, 0.25) is 0 Å². The monoisotopic (exact) mass is 299 g/mol. The van der Waals surface area contributed by atoms with Crippen molar-refractivity contribution in [1.82, 2.24) is 4.90 Å². The molecule has 1 aliphatic rings. The zero-order valence-electron chi connectivity index (χ0n) is 11.6. The summed E-state index contributed by atoms with van der Waals surface area (Å²) in [6.07, 6.45) is 4.61. The van der Waals surface area contributed by atoms with Crippen LogP contribution in [0, 0.1) is 5.92 Å². The average Bonchev–Trinajstić information content (AvgIpc) is 2.91. The number of ketones is 1. The van der Waals surface area contributed by atoms with E-state index in [0.717, 1.165) is 25.2 Å². The van der Waals surface area contributed by atoms with Crippen LogP contribution in [0.15, 0.2) is 29.2 Å². The standard InChI is InChI=1S/C15H21NOS.ClH/c1-12(11-16-9-3-4-10-16)15(17)13-5-7-14(18-2)8-6-13;/h5-8,12H,3-4,9-11H2,1-2H3;1H. The van der Waals surface area contributed by atoms with Crippen LogP contribution in [0.4, 0.5) is 0 Å². The summed E-state index contributed by atoms with van der Waals surface area (Å²) < 4.78 is 0. The van der Waals surface area contributed by atoms with Gasteiger partial charge in [-0.3, -0.25) is 4.79 Å². The molecule has 1 atom stereocenters. The van der Waals surface area contributed by atoms with Crippen LogP contribution in [0.3, 0.4) is 0 Å². The molecule has 0 bridgehead atoms. The summed E-state index contributed by atoms with van der Waals surface area (Å²) in [6.45, 7) is 5.26.